The highest BCUT2D eigenvalue weighted by molar-refractivity contribution is 6.32. The number of carbonyl (C=O) groups excluding carboxylic acids is 1. The fourth-order valence-electron chi connectivity index (χ4n) is 2.65. The number of nitrogens with zero attached hydrogens (tertiary/aromatic N) is 2. The molecule has 1 aliphatic rings. The van der Waals surface area contributed by atoms with E-state index in [1.54, 1.807) is 0 Å². The van der Waals surface area contributed by atoms with E-state index in [1.807, 2.05) is 42.8 Å². The molecule has 23 heavy (non-hydrogen) atoms. The topological polar surface area (TPSA) is 42.0 Å². The molecule has 0 spiro atoms. The Labute approximate surface area is 143 Å². The monoisotopic (exact) mass is 340 g/mol. The summed E-state index contributed by atoms with van der Waals surface area (Å²) in [5, 5.41) is 0.558. The average molecular weight is 341 g/mol. The van der Waals surface area contributed by atoms with Crippen LogP contribution in [0.15, 0.2) is 12.1 Å². The van der Waals surface area contributed by atoms with E-state index >= 15 is 0 Å². The molecule has 1 aromatic carbocycles. The van der Waals surface area contributed by atoms with Gasteiger partial charge in [0.2, 0.25) is 5.91 Å². The molecule has 0 N–H and O–H groups in total. The van der Waals surface area contributed by atoms with Crippen molar-refractivity contribution in [2.45, 2.75) is 26.8 Å². The van der Waals surface area contributed by atoms with E-state index in [2.05, 4.69) is 0 Å². The lowest BCUT2D eigenvalue weighted by atomic mass is 10.2. The number of carbonyl (C=O) groups is 1. The van der Waals surface area contributed by atoms with Crippen LogP contribution in [0.2, 0.25) is 5.02 Å². The fraction of sp³-hybridized carbons (Fsp3) is 0.588. The van der Waals surface area contributed by atoms with Gasteiger partial charge >= 0.3 is 0 Å². The molecule has 0 aromatic heterocycles. The third kappa shape index (κ3) is 4.75. The van der Waals surface area contributed by atoms with Crippen LogP contribution in [-0.2, 0) is 11.3 Å². The quantitative estimate of drug-likeness (QED) is 0.798. The summed E-state index contributed by atoms with van der Waals surface area (Å²) in [6.07, 6.45) is 0.846. The summed E-state index contributed by atoms with van der Waals surface area (Å²) in [7, 11) is 1.93. The van der Waals surface area contributed by atoms with Crippen molar-refractivity contribution in [3.63, 3.8) is 0 Å². The van der Waals surface area contributed by atoms with Crippen LogP contribution >= 0.6 is 11.6 Å². The summed E-state index contributed by atoms with van der Waals surface area (Å²) in [5.74, 6) is 1.45. The molecule has 2 rings (SSSR count). The van der Waals surface area contributed by atoms with Crippen LogP contribution in [0.4, 0.5) is 0 Å². The number of halogens is 1. The van der Waals surface area contributed by atoms with Crippen molar-refractivity contribution in [1.82, 2.24) is 9.80 Å². The predicted octanol–water partition coefficient (Wildman–Crippen LogP) is 2.80. The molecule has 6 heteroatoms. The first-order chi connectivity index (χ1) is 11.0. The van der Waals surface area contributed by atoms with Crippen molar-refractivity contribution in [3.05, 3.63) is 22.7 Å². The number of ether oxygens (including phenoxy) is 2. The largest absolute Gasteiger partial charge is 0.489 e. The Balaban J connectivity index is 2.04. The van der Waals surface area contributed by atoms with Crippen LogP contribution in [0.25, 0.3) is 0 Å². The molecule has 1 amide bonds. The molecule has 5 nitrogen and oxygen atoms in total. The number of amides is 1. The van der Waals surface area contributed by atoms with Crippen LogP contribution in [0.5, 0.6) is 11.5 Å². The predicted molar refractivity (Wildman–Crippen MR) is 91.3 cm³/mol. The van der Waals surface area contributed by atoms with Crippen LogP contribution in [0.3, 0.4) is 0 Å². The zero-order valence-corrected chi connectivity index (χ0v) is 14.9. The third-order valence-electron chi connectivity index (χ3n) is 3.84. The van der Waals surface area contributed by atoms with Gasteiger partial charge in [0.15, 0.2) is 11.5 Å². The van der Waals surface area contributed by atoms with E-state index in [9.17, 15) is 4.79 Å². The van der Waals surface area contributed by atoms with Crippen molar-refractivity contribution in [3.8, 4) is 11.5 Å². The Hall–Kier alpha value is -1.46. The van der Waals surface area contributed by atoms with Crippen molar-refractivity contribution >= 4 is 17.5 Å². The Morgan fingerprint density at radius 3 is 2.61 bits per heavy atom. The smallest absolute Gasteiger partial charge is 0.236 e. The van der Waals surface area contributed by atoms with Crippen molar-refractivity contribution in [1.29, 1.82) is 0 Å². The lowest BCUT2D eigenvalue weighted by Gasteiger charge is -2.23. The van der Waals surface area contributed by atoms with Gasteiger partial charge in [-0.25, -0.2) is 0 Å². The van der Waals surface area contributed by atoms with E-state index < -0.39 is 0 Å². The SMILES string of the molecule is CCN(CC)C(=O)CN(C)Cc1cc(Cl)c2c(c1)OCCCO2. The maximum atomic E-state index is 12.2. The standard InChI is InChI=1S/C17H25ClN2O3/c1-4-20(5-2)16(21)12-19(3)11-13-9-14(18)17-15(10-13)22-7-6-8-23-17/h9-10H,4-8,11-12H2,1-3H3. The molecule has 0 bridgehead atoms. The summed E-state index contributed by atoms with van der Waals surface area (Å²) in [4.78, 5) is 16.0. The van der Waals surface area contributed by atoms with Crippen LogP contribution in [-0.4, -0.2) is 55.6 Å². The van der Waals surface area contributed by atoms with Gasteiger partial charge in [-0.05, 0) is 38.6 Å². The number of rotatable bonds is 6. The Morgan fingerprint density at radius 2 is 1.91 bits per heavy atom. The van der Waals surface area contributed by atoms with Gasteiger partial charge in [-0.1, -0.05) is 11.6 Å². The lowest BCUT2D eigenvalue weighted by Crippen LogP contribution is -2.38. The number of benzene rings is 1. The molecule has 0 saturated heterocycles. The molecular formula is C17H25ClN2O3. The van der Waals surface area contributed by atoms with Crippen molar-refractivity contribution in [2.24, 2.45) is 0 Å². The Morgan fingerprint density at radius 1 is 1.22 bits per heavy atom. The minimum absolute atomic E-state index is 0.137. The first-order valence-corrected chi connectivity index (χ1v) is 8.47. The van der Waals surface area contributed by atoms with Crippen molar-refractivity contribution in [2.75, 3.05) is 39.9 Å². The summed E-state index contributed by atoms with van der Waals surface area (Å²) in [5.41, 5.74) is 1.01. The van der Waals surface area contributed by atoms with Crippen LogP contribution in [0.1, 0.15) is 25.8 Å². The molecular weight excluding hydrogens is 316 g/mol. The maximum absolute atomic E-state index is 12.2. The molecule has 0 radical (unpaired) electrons. The second kappa shape index (κ2) is 8.41. The second-order valence-corrected chi connectivity index (χ2v) is 6.10. The highest BCUT2D eigenvalue weighted by Gasteiger charge is 2.17. The van der Waals surface area contributed by atoms with Gasteiger partial charge in [0.1, 0.15) is 0 Å². The van der Waals surface area contributed by atoms with Crippen molar-refractivity contribution < 1.29 is 14.3 Å². The van der Waals surface area contributed by atoms with E-state index in [-0.39, 0.29) is 5.91 Å². The van der Waals surface area contributed by atoms with Crippen LogP contribution in [0, 0.1) is 0 Å². The molecule has 0 unspecified atom stereocenters. The van der Waals surface area contributed by atoms with Gasteiger partial charge in [-0.2, -0.15) is 0 Å². The van der Waals surface area contributed by atoms with Gasteiger partial charge in [-0.3, -0.25) is 9.69 Å². The lowest BCUT2D eigenvalue weighted by molar-refractivity contribution is -0.131. The van der Waals surface area contributed by atoms with Gasteiger partial charge < -0.3 is 14.4 Å². The normalized spacial score (nSPS) is 13.8. The minimum Gasteiger partial charge on any atom is -0.489 e. The Kier molecular flexibility index (Phi) is 6.54. The molecule has 1 aromatic rings. The third-order valence-corrected chi connectivity index (χ3v) is 4.12. The molecule has 0 saturated carbocycles. The summed E-state index contributed by atoms with van der Waals surface area (Å²) in [6.45, 7) is 7.71. The molecule has 0 aliphatic carbocycles. The summed E-state index contributed by atoms with van der Waals surface area (Å²) < 4.78 is 11.3. The van der Waals surface area contributed by atoms with E-state index in [4.69, 9.17) is 21.1 Å². The molecule has 0 fully saturated rings. The highest BCUT2D eigenvalue weighted by Crippen LogP contribution is 2.38. The summed E-state index contributed by atoms with van der Waals surface area (Å²) >= 11 is 6.31. The van der Waals surface area contributed by atoms with E-state index in [1.165, 1.54) is 0 Å². The van der Waals surface area contributed by atoms with Gasteiger partial charge in [0.05, 0.1) is 24.8 Å². The number of hydrogen-bond acceptors (Lipinski definition) is 4. The number of hydrogen-bond donors (Lipinski definition) is 0. The van der Waals surface area contributed by atoms with Gasteiger partial charge in [0, 0.05) is 26.1 Å². The highest BCUT2D eigenvalue weighted by atomic mass is 35.5. The van der Waals surface area contributed by atoms with Gasteiger partial charge in [-0.15, -0.1) is 0 Å². The van der Waals surface area contributed by atoms with Crippen LogP contribution < -0.4 is 9.47 Å². The van der Waals surface area contributed by atoms with E-state index in [0.29, 0.717) is 42.8 Å². The van der Waals surface area contributed by atoms with Gasteiger partial charge in [0.25, 0.3) is 0 Å². The summed E-state index contributed by atoms with van der Waals surface area (Å²) in [6, 6.07) is 3.83. The second-order valence-electron chi connectivity index (χ2n) is 5.69. The molecule has 128 valence electrons. The zero-order chi connectivity index (χ0) is 16.8. The number of fused-ring (bicyclic) bond motifs is 1. The Bertz CT molecular complexity index is 547. The first kappa shape index (κ1) is 17.9. The van der Waals surface area contributed by atoms with E-state index in [0.717, 1.165) is 25.1 Å². The molecule has 1 heterocycles. The maximum Gasteiger partial charge on any atom is 0.236 e. The minimum atomic E-state index is 0.137. The fourth-order valence-corrected chi connectivity index (χ4v) is 2.94. The number of likely N-dealkylation sites (N-methyl/N-ethyl adjacent to an activating group) is 2. The molecule has 0 atom stereocenters. The average Bonchev–Trinajstić information content (AvgIpc) is 2.74. The molecule has 1 aliphatic heterocycles. The first-order valence-electron chi connectivity index (χ1n) is 8.09. The zero-order valence-electron chi connectivity index (χ0n) is 14.1.